The molecule has 0 amide bonds. The third kappa shape index (κ3) is 3.00. The van der Waals surface area contributed by atoms with Crippen LogP contribution in [0.3, 0.4) is 0 Å². The number of hydrogen-bond donors (Lipinski definition) is 1. The van der Waals surface area contributed by atoms with Gasteiger partial charge in [-0.3, -0.25) is 0 Å². The van der Waals surface area contributed by atoms with Crippen LogP contribution < -0.4 is 0 Å². The minimum atomic E-state index is -1.21. The van der Waals surface area contributed by atoms with E-state index in [0.29, 0.717) is 0 Å². The van der Waals surface area contributed by atoms with E-state index < -0.39 is 23.6 Å². The first-order valence-corrected chi connectivity index (χ1v) is 6.83. The van der Waals surface area contributed by atoms with Gasteiger partial charge in [0.05, 0.1) is 10.6 Å². The van der Waals surface area contributed by atoms with Crippen molar-refractivity contribution in [1.82, 2.24) is 0 Å². The second-order valence-corrected chi connectivity index (χ2v) is 5.38. The molecule has 6 heteroatoms. The van der Waals surface area contributed by atoms with Crippen molar-refractivity contribution in [1.29, 1.82) is 0 Å². The summed E-state index contributed by atoms with van der Waals surface area (Å²) in [5.74, 6) is -2.69. The molecule has 2 aromatic carbocycles. The monoisotopic (exact) mass is 364 g/mol. The van der Waals surface area contributed by atoms with Crippen molar-refractivity contribution in [3.05, 3.63) is 68.4 Å². The zero-order valence-electron chi connectivity index (χ0n) is 10.0. The molecule has 106 valence electrons. The Balaban J connectivity index is 2.34. The molecule has 0 aliphatic carbocycles. The Kier molecular flexibility index (Phi) is 4.73. The van der Waals surface area contributed by atoms with Crippen LogP contribution in [0.2, 0.25) is 5.02 Å². The van der Waals surface area contributed by atoms with E-state index in [1.165, 1.54) is 24.3 Å². The summed E-state index contributed by atoms with van der Waals surface area (Å²) in [5.41, 5.74) is 0.251. The average Bonchev–Trinajstić information content (AvgIpc) is 2.40. The molecule has 2 rings (SSSR count). The summed E-state index contributed by atoms with van der Waals surface area (Å²) in [4.78, 5) is 0. The molecule has 0 radical (unpaired) electrons. The van der Waals surface area contributed by atoms with Crippen molar-refractivity contribution in [3.8, 4) is 0 Å². The van der Waals surface area contributed by atoms with E-state index in [1.807, 2.05) is 0 Å². The SMILES string of the molecule is OC(Cc1c(F)cccc1Cl)c1ccc(F)c(F)c1Br. The van der Waals surface area contributed by atoms with E-state index in [-0.39, 0.29) is 27.0 Å². The Hall–Kier alpha value is -1.04. The number of aliphatic hydroxyl groups is 1. The summed E-state index contributed by atoms with van der Waals surface area (Å²) in [6, 6.07) is 6.30. The van der Waals surface area contributed by atoms with Crippen LogP contribution >= 0.6 is 27.5 Å². The zero-order valence-corrected chi connectivity index (χ0v) is 12.4. The van der Waals surface area contributed by atoms with Crippen LogP contribution in [0.25, 0.3) is 0 Å². The fourth-order valence-electron chi connectivity index (χ4n) is 1.83. The van der Waals surface area contributed by atoms with Crippen LogP contribution in [0.1, 0.15) is 17.2 Å². The van der Waals surface area contributed by atoms with Gasteiger partial charge in [0.25, 0.3) is 0 Å². The first kappa shape index (κ1) is 15.4. The lowest BCUT2D eigenvalue weighted by atomic mass is 10.0. The summed E-state index contributed by atoms with van der Waals surface area (Å²) in [7, 11) is 0. The summed E-state index contributed by atoms with van der Waals surface area (Å²) < 4.78 is 39.9. The van der Waals surface area contributed by atoms with Crippen molar-refractivity contribution >= 4 is 27.5 Å². The molecule has 0 heterocycles. The van der Waals surface area contributed by atoms with Crippen LogP contribution in [0.4, 0.5) is 13.2 Å². The van der Waals surface area contributed by atoms with E-state index in [0.717, 1.165) is 6.07 Å². The summed E-state index contributed by atoms with van der Waals surface area (Å²) in [6.07, 6.45) is -1.36. The Morgan fingerprint density at radius 3 is 2.45 bits per heavy atom. The van der Waals surface area contributed by atoms with Crippen LogP contribution in [0.15, 0.2) is 34.8 Å². The minimum Gasteiger partial charge on any atom is -0.388 e. The lowest BCUT2D eigenvalue weighted by molar-refractivity contribution is 0.175. The first-order valence-electron chi connectivity index (χ1n) is 5.66. The molecule has 0 bridgehead atoms. The molecular formula is C14H9BrClF3O. The Morgan fingerprint density at radius 1 is 1.10 bits per heavy atom. The molecule has 1 atom stereocenters. The number of rotatable bonds is 3. The lowest BCUT2D eigenvalue weighted by Crippen LogP contribution is -2.06. The number of aliphatic hydroxyl groups excluding tert-OH is 1. The number of hydrogen-bond acceptors (Lipinski definition) is 1. The van der Waals surface area contributed by atoms with E-state index in [2.05, 4.69) is 15.9 Å². The van der Waals surface area contributed by atoms with Gasteiger partial charge < -0.3 is 5.11 Å². The van der Waals surface area contributed by atoms with Gasteiger partial charge in [-0.1, -0.05) is 23.7 Å². The molecule has 0 aliphatic heterocycles. The van der Waals surface area contributed by atoms with Crippen LogP contribution in [0.5, 0.6) is 0 Å². The molecule has 0 saturated carbocycles. The second kappa shape index (κ2) is 6.16. The third-order valence-corrected chi connectivity index (χ3v) is 4.04. The molecular weight excluding hydrogens is 357 g/mol. The average molecular weight is 366 g/mol. The summed E-state index contributed by atoms with van der Waals surface area (Å²) >= 11 is 8.74. The van der Waals surface area contributed by atoms with Gasteiger partial charge in [0.2, 0.25) is 0 Å². The normalized spacial score (nSPS) is 12.5. The van der Waals surface area contributed by atoms with Gasteiger partial charge in [-0.05, 0) is 39.7 Å². The molecule has 2 aromatic rings. The highest BCUT2D eigenvalue weighted by molar-refractivity contribution is 9.10. The quantitative estimate of drug-likeness (QED) is 0.775. The topological polar surface area (TPSA) is 20.2 Å². The van der Waals surface area contributed by atoms with Gasteiger partial charge in [-0.15, -0.1) is 0 Å². The van der Waals surface area contributed by atoms with Gasteiger partial charge in [0.15, 0.2) is 11.6 Å². The van der Waals surface area contributed by atoms with E-state index in [4.69, 9.17) is 11.6 Å². The summed E-state index contributed by atoms with van der Waals surface area (Å²) in [6.45, 7) is 0. The van der Waals surface area contributed by atoms with Crippen molar-refractivity contribution < 1.29 is 18.3 Å². The predicted octanol–water partition coefficient (Wildman–Crippen LogP) is 4.80. The molecule has 1 unspecified atom stereocenters. The van der Waals surface area contributed by atoms with E-state index in [1.54, 1.807) is 0 Å². The maximum Gasteiger partial charge on any atom is 0.173 e. The fraction of sp³-hybridized carbons (Fsp3) is 0.143. The molecule has 20 heavy (non-hydrogen) atoms. The standard InChI is InChI=1S/C14H9BrClF3O/c15-13-7(4-5-11(18)14(13)19)12(20)6-8-9(16)2-1-3-10(8)17/h1-5,12,20H,6H2. The minimum absolute atomic E-state index is 0.123. The highest BCUT2D eigenvalue weighted by atomic mass is 79.9. The van der Waals surface area contributed by atoms with Crippen LogP contribution in [0, 0.1) is 17.5 Å². The van der Waals surface area contributed by atoms with Gasteiger partial charge >= 0.3 is 0 Å². The molecule has 0 aliphatic rings. The van der Waals surface area contributed by atoms with Gasteiger partial charge in [-0.25, -0.2) is 13.2 Å². The molecule has 0 fully saturated rings. The molecule has 1 nitrogen and oxygen atoms in total. The maximum absolute atomic E-state index is 13.6. The van der Waals surface area contributed by atoms with Crippen molar-refractivity contribution in [3.63, 3.8) is 0 Å². The van der Waals surface area contributed by atoms with Gasteiger partial charge in [0.1, 0.15) is 5.82 Å². The zero-order chi connectivity index (χ0) is 14.9. The first-order chi connectivity index (χ1) is 9.41. The Labute approximate surface area is 127 Å². The van der Waals surface area contributed by atoms with Crippen LogP contribution in [-0.2, 0) is 6.42 Å². The number of halogens is 5. The largest absolute Gasteiger partial charge is 0.388 e. The Morgan fingerprint density at radius 2 is 1.80 bits per heavy atom. The Bertz CT molecular complexity index is 628. The highest BCUT2D eigenvalue weighted by Gasteiger charge is 2.20. The third-order valence-electron chi connectivity index (χ3n) is 2.88. The number of benzene rings is 2. The summed E-state index contributed by atoms with van der Waals surface area (Å²) in [5, 5.41) is 10.2. The fourth-order valence-corrected chi connectivity index (χ4v) is 2.65. The van der Waals surface area contributed by atoms with E-state index in [9.17, 15) is 18.3 Å². The predicted molar refractivity (Wildman–Crippen MR) is 74.1 cm³/mol. The maximum atomic E-state index is 13.6. The molecule has 0 saturated heterocycles. The van der Waals surface area contributed by atoms with E-state index >= 15 is 0 Å². The van der Waals surface area contributed by atoms with Crippen molar-refractivity contribution in [2.75, 3.05) is 0 Å². The van der Waals surface area contributed by atoms with Crippen molar-refractivity contribution in [2.24, 2.45) is 0 Å². The van der Waals surface area contributed by atoms with Crippen LogP contribution in [-0.4, -0.2) is 5.11 Å². The smallest absolute Gasteiger partial charge is 0.173 e. The molecule has 0 spiro atoms. The van der Waals surface area contributed by atoms with Crippen molar-refractivity contribution in [2.45, 2.75) is 12.5 Å². The lowest BCUT2D eigenvalue weighted by Gasteiger charge is -2.15. The molecule has 1 N–H and O–H groups in total. The highest BCUT2D eigenvalue weighted by Crippen LogP contribution is 2.31. The van der Waals surface area contributed by atoms with Gasteiger partial charge in [0, 0.05) is 17.0 Å². The molecule has 0 aromatic heterocycles. The second-order valence-electron chi connectivity index (χ2n) is 4.18. The van der Waals surface area contributed by atoms with Gasteiger partial charge in [-0.2, -0.15) is 0 Å².